The molecule has 0 bridgehead atoms. The molecule has 0 aliphatic carbocycles. The van der Waals surface area contributed by atoms with Crippen LogP contribution >= 0.6 is 11.8 Å². The molecule has 7 heteroatoms. The minimum atomic E-state index is -3.39. The number of nitrogen functional groups attached to an aromatic ring is 1. The molecule has 0 spiro atoms. The Morgan fingerprint density at radius 1 is 1.08 bits per heavy atom. The Labute approximate surface area is 151 Å². The van der Waals surface area contributed by atoms with Crippen LogP contribution in [0.2, 0.25) is 0 Å². The summed E-state index contributed by atoms with van der Waals surface area (Å²) in [7, 11) is -3.39. The van der Waals surface area contributed by atoms with Crippen molar-refractivity contribution in [3.8, 4) is 0 Å². The van der Waals surface area contributed by atoms with E-state index in [9.17, 15) is 8.42 Å². The molecule has 0 amide bonds. The van der Waals surface area contributed by atoms with E-state index in [1.165, 1.54) is 11.8 Å². The SMILES string of the molecule is Cc1cccc(CS(=O)(=O)c2ccc(Sc3nccc(N)n3)cc2)c1. The first-order valence-electron chi connectivity index (χ1n) is 7.57. The van der Waals surface area contributed by atoms with E-state index in [0.29, 0.717) is 15.9 Å². The van der Waals surface area contributed by atoms with Gasteiger partial charge < -0.3 is 5.73 Å². The predicted octanol–water partition coefficient (Wildman–Crippen LogP) is 3.49. The maximum absolute atomic E-state index is 12.6. The molecule has 0 saturated carbocycles. The van der Waals surface area contributed by atoms with Gasteiger partial charge in [-0.05, 0) is 54.6 Å². The van der Waals surface area contributed by atoms with Gasteiger partial charge in [-0.1, -0.05) is 29.8 Å². The van der Waals surface area contributed by atoms with Crippen LogP contribution < -0.4 is 5.73 Å². The van der Waals surface area contributed by atoms with Crippen molar-refractivity contribution in [3.05, 3.63) is 71.9 Å². The minimum absolute atomic E-state index is 0.0144. The second-order valence-corrected chi connectivity index (χ2v) is 8.62. The van der Waals surface area contributed by atoms with Gasteiger partial charge >= 0.3 is 0 Å². The van der Waals surface area contributed by atoms with E-state index in [2.05, 4.69) is 9.97 Å². The lowest BCUT2D eigenvalue weighted by atomic mass is 10.2. The lowest BCUT2D eigenvalue weighted by molar-refractivity contribution is 0.595. The third-order valence-electron chi connectivity index (χ3n) is 3.49. The fourth-order valence-electron chi connectivity index (χ4n) is 2.33. The van der Waals surface area contributed by atoms with E-state index < -0.39 is 9.84 Å². The van der Waals surface area contributed by atoms with Crippen LogP contribution in [-0.2, 0) is 15.6 Å². The topological polar surface area (TPSA) is 85.9 Å². The largest absolute Gasteiger partial charge is 0.384 e. The van der Waals surface area contributed by atoms with Crippen molar-refractivity contribution >= 4 is 27.4 Å². The van der Waals surface area contributed by atoms with Gasteiger partial charge in [0.1, 0.15) is 5.82 Å². The summed E-state index contributed by atoms with van der Waals surface area (Å²) in [5.74, 6) is 0.384. The van der Waals surface area contributed by atoms with Gasteiger partial charge in [-0.2, -0.15) is 0 Å². The van der Waals surface area contributed by atoms with Crippen LogP contribution in [-0.4, -0.2) is 18.4 Å². The second kappa shape index (κ2) is 7.25. The lowest BCUT2D eigenvalue weighted by Crippen LogP contribution is -2.05. The molecular formula is C18H17N3O2S2. The second-order valence-electron chi connectivity index (χ2n) is 5.59. The van der Waals surface area contributed by atoms with Gasteiger partial charge in [-0.3, -0.25) is 0 Å². The van der Waals surface area contributed by atoms with E-state index in [1.807, 2.05) is 31.2 Å². The van der Waals surface area contributed by atoms with Crippen molar-refractivity contribution in [2.75, 3.05) is 5.73 Å². The number of nitrogens with two attached hydrogens (primary N) is 1. The third kappa shape index (κ3) is 4.58. The first-order valence-corrected chi connectivity index (χ1v) is 10.0. The molecule has 0 aliphatic heterocycles. The Bertz CT molecular complexity index is 987. The number of anilines is 1. The molecule has 0 unspecified atom stereocenters. The number of rotatable bonds is 5. The molecule has 2 aromatic carbocycles. The van der Waals surface area contributed by atoms with E-state index >= 15 is 0 Å². The van der Waals surface area contributed by atoms with Crippen LogP contribution in [0, 0.1) is 6.92 Å². The van der Waals surface area contributed by atoms with Crippen LogP contribution in [0.4, 0.5) is 5.82 Å². The van der Waals surface area contributed by atoms with Gasteiger partial charge in [-0.15, -0.1) is 0 Å². The zero-order valence-corrected chi connectivity index (χ0v) is 15.2. The van der Waals surface area contributed by atoms with Gasteiger partial charge in [0.05, 0.1) is 10.6 Å². The molecule has 25 heavy (non-hydrogen) atoms. The summed E-state index contributed by atoms with van der Waals surface area (Å²) in [6.07, 6.45) is 1.59. The Kier molecular flexibility index (Phi) is 5.06. The quantitative estimate of drug-likeness (QED) is 0.691. The van der Waals surface area contributed by atoms with Crippen LogP contribution in [0.5, 0.6) is 0 Å². The summed E-state index contributed by atoms with van der Waals surface area (Å²) in [4.78, 5) is 9.38. The molecule has 5 nitrogen and oxygen atoms in total. The Morgan fingerprint density at radius 3 is 2.52 bits per heavy atom. The number of sulfone groups is 1. The molecular weight excluding hydrogens is 354 g/mol. The molecule has 0 atom stereocenters. The summed E-state index contributed by atoms with van der Waals surface area (Å²) in [5, 5.41) is 0.523. The summed E-state index contributed by atoms with van der Waals surface area (Å²) in [5.41, 5.74) is 7.46. The first-order chi connectivity index (χ1) is 11.9. The maximum atomic E-state index is 12.6. The molecule has 3 aromatic rings. The monoisotopic (exact) mass is 371 g/mol. The summed E-state index contributed by atoms with van der Waals surface area (Å²) < 4.78 is 25.2. The number of hydrogen-bond acceptors (Lipinski definition) is 6. The summed E-state index contributed by atoms with van der Waals surface area (Å²) >= 11 is 1.33. The van der Waals surface area contributed by atoms with Gasteiger partial charge in [0, 0.05) is 11.1 Å². The Morgan fingerprint density at radius 2 is 1.84 bits per heavy atom. The average Bonchev–Trinajstić information content (AvgIpc) is 2.55. The predicted molar refractivity (Wildman–Crippen MR) is 99.1 cm³/mol. The van der Waals surface area contributed by atoms with Gasteiger partial charge in [-0.25, -0.2) is 18.4 Å². The highest BCUT2D eigenvalue weighted by Crippen LogP contribution is 2.26. The van der Waals surface area contributed by atoms with Crippen molar-refractivity contribution in [2.24, 2.45) is 0 Å². The van der Waals surface area contributed by atoms with Crippen molar-refractivity contribution in [3.63, 3.8) is 0 Å². The molecule has 0 aliphatic rings. The smallest absolute Gasteiger partial charge is 0.194 e. The van der Waals surface area contributed by atoms with Gasteiger partial charge in [0.15, 0.2) is 15.0 Å². The highest BCUT2D eigenvalue weighted by atomic mass is 32.2. The molecule has 128 valence electrons. The fraction of sp³-hybridized carbons (Fsp3) is 0.111. The van der Waals surface area contributed by atoms with E-state index in [-0.39, 0.29) is 5.75 Å². The van der Waals surface area contributed by atoms with Crippen molar-refractivity contribution in [2.45, 2.75) is 27.6 Å². The zero-order chi connectivity index (χ0) is 17.9. The van der Waals surface area contributed by atoms with Gasteiger partial charge in [0.2, 0.25) is 0 Å². The zero-order valence-electron chi connectivity index (χ0n) is 13.6. The summed E-state index contributed by atoms with van der Waals surface area (Å²) in [6.45, 7) is 1.94. The number of aryl methyl sites for hydroxylation is 1. The average molecular weight is 371 g/mol. The number of aromatic nitrogens is 2. The fourth-order valence-corrected chi connectivity index (χ4v) is 4.41. The maximum Gasteiger partial charge on any atom is 0.194 e. The van der Waals surface area contributed by atoms with Crippen molar-refractivity contribution < 1.29 is 8.42 Å². The standard InChI is InChI=1S/C18H17N3O2S2/c1-13-3-2-4-14(11-13)12-25(22,23)16-7-5-15(6-8-16)24-18-20-10-9-17(19)21-18/h2-11H,12H2,1H3,(H2,19,20,21). The molecule has 1 aromatic heterocycles. The Balaban J connectivity index is 1.77. The number of hydrogen-bond donors (Lipinski definition) is 1. The third-order valence-corrected chi connectivity index (χ3v) is 6.08. The van der Waals surface area contributed by atoms with E-state index in [4.69, 9.17) is 5.73 Å². The molecule has 3 rings (SSSR count). The van der Waals surface area contributed by atoms with E-state index in [1.54, 1.807) is 36.5 Å². The lowest BCUT2D eigenvalue weighted by Gasteiger charge is -2.07. The molecule has 1 heterocycles. The summed E-state index contributed by atoms with van der Waals surface area (Å²) in [6, 6.07) is 15.9. The molecule has 0 saturated heterocycles. The van der Waals surface area contributed by atoms with Crippen LogP contribution in [0.3, 0.4) is 0 Å². The highest BCUT2D eigenvalue weighted by Gasteiger charge is 2.15. The Hall–Kier alpha value is -2.38. The van der Waals surface area contributed by atoms with Crippen molar-refractivity contribution in [1.29, 1.82) is 0 Å². The van der Waals surface area contributed by atoms with Crippen LogP contribution in [0.1, 0.15) is 11.1 Å². The minimum Gasteiger partial charge on any atom is -0.384 e. The first kappa shape index (κ1) is 17.4. The van der Waals surface area contributed by atoms with E-state index in [0.717, 1.165) is 16.0 Å². The highest BCUT2D eigenvalue weighted by molar-refractivity contribution is 7.99. The van der Waals surface area contributed by atoms with Crippen LogP contribution in [0.15, 0.2) is 75.7 Å². The normalized spacial score (nSPS) is 11.4. The molecule has 2 N–H and O–H groups in total. The van der Waals surface area contributed by atoms with Crippen LogP contribution in [0.25, 0.3) is 0 Å². The number of nitrogens with zero attached hydrogens (tertiary/aromatic N) is 2. The van der Waals surface area contributed by atoms with Gasteiger partial charge in [0.25, 0.3) is 0 Å². The molecule has 0 radical (unpaired) electrons. The molecule has 0 fully saturated rings. The van der Waals surface area contributed by atoms with Crippen molar-refractivity contribution in [1.82, 2.24) is 9.97 Å². The number of benzene rings is 2.